The Labute approximate surface area is 159 Å². The molecule has 0 aromatic carbocycles. The summed E-state index contributed by atoms with van der Waals surface area (Å²) >= 11 is 0. The zero-order valence-corrected chi connectivity index (χ0v) is 17.4. The van der Waals surface area contributed by atoms with E-state index in [1.807, 2.05) is 12.2 Å². The van der Waals surface area contributed by atoms with Crippen molar-refractivity contribution >= 4 is 14.2 Å². The first-order valence-electron chi connectivity index (χ1n) is 9.59. The third-order valence-corrected chi connectivity index (χ3v) is 6.62. The molecule has 0 aromatic rings. The molecule has 26 heavy (non-hydrogen) atoms. The van der Waals surface area contributed by atoms with Crippen LogP contribution in [0.4, 0.5) is 0 Å². The molecule has 0 radical (unpaired) electrons. The fourth-order valence-electron chi connectivity index (χ4n) is 3.41. The van der Waals surface area contributed by atoms with E-state index < -0.39 is 0 Å². The Kier molecular flexibility index (Phi) is 4.88. The maximum Gasteiger partial charge on any atom is 0.465 e. The van der Waals surface area contributed by atoms with E-state index in [4.69, 9.17) is 18.6 Å². The van der Waals surface area contributed by atoms with Gasteiger partial charge in [-0.2, -0.15) is 0 Å². The molecule has 0 N–H and O–H groups in total. The first-order valence-corrected chi connectivity index (χ1v) is 9.59. The van der Waals surface area contributed by atoms with Gasteiger partial charge in [0, 0.05) is 11.6 Å². The minimum Gasteiger partial charge on any atom is -0.403 e. The lowest BCUT2D eigenvalue weighted by atomic mass is 9.52. The van der Waals surface area contributed by atoms with Crippen LogP contribution in [0.5, 0.6) is 0 Å². The summed E-state index contributed by atoms with van der Waals surface area (Å²) in [5.74, 6) is -0.0149. The average Bonchev–Trinajstić information content (AvgIpc) is 2.77. The Morgan fingerprint density at radius 1 is 0.500 bits per heavy atom. The Hall–Kier alpha value is -0.810. The zero-order valence-electron chi connectivity index (χ0n) is 17.4. The molecular formula is C20H32B2O4. The van der Waals surface area contributed by atoms with Crippen molar-refractivity contribution < 1.29 is 18.6 Å². The summed E-state index contributed by atoms with van der Waals surface area (Å²) in [4.78, 5) is 0. The van der Waals surface area contributed by atoms with Gasteiger partial charge in [0.05, 0.1) is 22.4 Å². The normalized spacial score (nSPS) is 37.8. The van der Waals surface area contributed by atoms with E-state index in [0.717, 1.165) is 0 Å². The van der Waals surface area contributed by atoms with Crippen LogP contribution in [0, 0.1) is 0 Å². The molecule has 2 atom stereocenters. The van der Waals surface area contributed by atoms with Crippen molar-refractivity contribution in [3.05, 3.63) is 36.5 Å². The lowest BCUT2D eigenvalue weighted by Crippen LogP contribution is -2.41. The van der Waals surface area contributed by atoms with E-state index in [1.54, 1.807) is 0 Å². The van der Waals surface area contributed by atoms with E-state index in [9.17, 15) is 0 Å². The predicted molar refractivity (Wildman–Crippen MR) is 107 cm³/mol. The molecule has 6 heteroatoms. The van der Waals surface area contributed by atoms with Crippen LogP contribution < -0.4 is 0 Å². The van der Waals surface area contributed by atoms with Gasteiger partial charge in [-0.1, -0.05) is 36.5 Å². The van der Waals surface area contributed by atoms with Crippen LogP contribution in [-0.2, 0) is 18.6 Å². The maximum absolute atomic E-state index is 6.35. The summed E-state index contributed by atoms with van der Waals surface area (Å²) in [5, 5.41) is 0. The molecule has 0 amide bonds. The highest BCUT2D eigenvalue weighted by Crippen LogP contribution is 2.49. The van der Waals surface area contributed by atoms with Gasteiger partial charge in [0.25, 0.3) is 0 Å². The van der Waals surface area contributed by atoms with Gasteiger partial charge >= 0.3 is 14.2 Å². The van der Waals surface area contributed by atoms with Crippen LogP contribution in [0.2, 0.25) is 11.6 Å². The third-order valence-electron chi connectivity index (χ3n) is 6.62. The molecule has 0 bridgehead atoms. The summed E-state index contributed by atoms with van der Waals surface area (Å²) in [5.41, 5.74) is -1.47. The first kappa shape index (κ1) is 19.9. The molecule has 142 valence electrons. The minimum absolute atomic E-state index is 0.00745. The third kappa shape index (κ3) is 3.37. The standard InChI is InChI=1S/C20H32B2O4/c1-17(2)18(3,4)24-21(23-17)15-13-11-9-10-12-14-16(15)22-25-19(5,6)20(7,8)26-22/h9-16H,1-8H3/b10-9-,13-11-,14-12-. The van der Waals surface area contributed by atoms with Crippen molar-refractivity contribution in [2.75, 3.05) is 0 Å². The highest BCUT2D eigenvalue weighted by atomic mass is 16.7. The van der Waals surface area contributed by atoms with Gasteiger partial charge in [-0.15, -0.1) is 0 Å². The lowest BCUT2D eigenvalue weighted by molar-refractivity contribution is 0.00578. The average molecular weight is 358 g/mol. The van der Waals surface area contributed by atoms with E-state index in [2.05, 4.69) is 79.7 Å². The topological polar surface area (TPSA) is 36.9 Å². The Morgan fingerprint density at radius 3 is 1.04 bits per heavy atom. The summed E-state index contributed by atoms with van der Waals surface area (Å²) < 4.78 is 25.4. The number of hydrogen-bond donors (Lipinski definition) is 0. The van der Waals surface area contributed by atoms with E-state index in [1.165, 1.54) is 0 Å². The van der Waals surface area contributed by atoms with Crippen LogP contribution in [0.15, 0.2) is 36.5 Å². The van der Waals surface area contributed by atoms with Gasteiger partial charge < -0.3 is 18.6 Å². The molecule has 2 fully saturated rings. The van der Waals surface area contributed by atoms with Gasteiger partial charge in [-0.05, 0) is 55.4 Å². The Balaban J connectivity index is 1.91. The second-order valence-corrected chi connectivity index (χ2v) is 9.56. The zero-order chi connectivity index (χ0) is 19.4. The molecule has 2 saturated heterocycles. The quantitative estimate of drug-likeness (QED) is 0.677. The highest BCUT2D eigenvalue weighted by molar-refractivity contribution is 6.56. The van der Waals surface area contributed by atoms with Gasteiger partial charge in [0.15, 0.2) is 0 Å². The van der Waals surface area contributed by atoms with Crippen LogP contribution in [-0.4, -0.2) is 36.6 Å². The van der Waals surface area contributed by atoms with Gasteiger partial charge in [-0.25, -0.2) is 0 Å². The molecular weight excluding hydrogens is 326 g/mol. The van der Waals surface area contributed by atoms with Gasteiger partial charge in [0.1, 0.15) is 0 Å². The summed E-state index contributed by atoms with van der Waals surface area (Å²) in [6.07, 6.45) is 12.5. The Bertz CT molecular complexity index is 548. The fraction of sp³-hybridized carbons (Fsp3) is 0.700. The molecule has 4 nitrogen and oxygen atoms in total. The molecule has 2 aliphatic heterocycles. The van der Waals surface area contributed by atoms with E-state index >= 15 is 0 Å². The molecule has 1 aliphatic carbocycles. The van der Waals surface area contributed by atoms with Gasteiger partial charge in [-0.3, -0.25) is 0 Å². The van der Waals surface area contributed by atoms with Crippen LogP contribution >= 0.6 is 0 Å². The van der Waals surface area contributed by atoms with Crippen molar-refractivity contribution in [3.63, 3.8) is 0 Å². The smallest absolute Gasteiger partial charge is 0.403 e. The lowest BCUT2D eigenvalue weighted by Gasteiger charge is -2.32. The Morgan fingerprint density at radius 2 is 0.769 bits per heavy atom. The summed E-state index contributed by atoms with van der Waals surface area (Å²) in [6, 6.07) is 0. The summed E-state index contributed by atoms with van der Waals surface area (Å²) in [6.45, 7) is 16.7. The maximum atomic E-state index is 6.35. The van der Waals surface area contributed by atoms with Crippen molar-refractivity contribution in [3.8, 4) is 0 Å². The molecule has 0 aromatic heterocycles. The minimum atomic E-state index is -0.367. The number of rotatable bonds is 2. The van der Waals surface area contributed by atoms with Crippen LogP contribution in [0.1, 0.15) is 55.4 Å². The molecule has 0 saturated carbocycles. The molecule has 2 heterocycles. The SMILES string of the molecule is CC1(C)OB(C2\C=C/C=C\C=C/C2B2OC(C)(C)C(C)(C)O2)OC1(C)C. The number of allylic oxidation sites excluding steroid dienone is 6. The molecule has 3 rings (SSSR count). The van der Waals surface area contributed by atoms with Gasteiger partial charge in [0.2, 0.25) is 0 Å². The molecule has 3 aliphatic rings. The summed E-state index contributed by atoms with van der Waals surface area (Å²) in [7, 11) is -0.701. The van der Waals surface area contributed by atoms with Crippen molar-refractivity contribution in [2.45, 2.75) is 89.4 Å². The first-order chi connectivity index (χ1) is 11.9. The largest absolute Gasteiger partial charge is 0.465 e. The van der Waals surface area contributed by atoms with Crippen molar-refractivity contribution in [2.24, 2.45) is 0 Å². The predicted octanol–water partition coefficient (Wildman–Crippen LogP) is 4.59. The number of hydrogen-bond acceptors (Lipinski definition) is 4. The van der Waals surface area contributed by atoms with E-state index in [-0.39, 0.29) is 48.3 Å². The van der Waals surface area contributed by atoms with Crippen molar-refractivity contribution in [1.82, 2.24) is 0 Å². The van der Waals surface area contributed by atoms with E-state index in [0.29, 0.717) is 0 Å². The second kappa shape index (κ2) is 6.37. The van der Waals surface area contributed by atoms with Crippen LogP contribution in [0.25, 0.3) is 0 Å². The van der Waals surface area contributed by atoms with Crippen LogP contribution in [0.3, 0.4) is 0 Å². The molecule has 0 spiro atoms. The highest BCUT2D eigenvalue weighted by Gasteiger charge is 2.59. The van der Waals surface area contributed by atoms with Crippen molar-refractivity contribution in [1.29, 1.82) is 0 Å². The second-order valence-electron chi connectivity index (χ2n) is 9.56. The fourth-order valence-corrected chi connectivity index (χ4v) is 3.41. The molecule has 2 unspecified atom stereocenters. The monoisotopic (exact) mass is 358 g/mol.